The van der Waals surface area contributed by atoms with Gasteiger partial charge in [0.2, 0.25) is 0 Å². The van der Waals surface area contributed by atoms with E-state index in [0.29, 0.717) is 6.26 Å². The fourth-order valence-electron chi connectivity index (χ4n) is 1.58. The molecule has 0 radical (unpaired) electrons. The molecule has 24 heavy (non-hydrogen) atoms. The second-order valence-electron chi connectivity index (χ2n) is 4.52. The molecule has 0 aromatic heterocycles. The van der Waals surface area contributed by atoms with Gasteiger partial charge in [-0.3, -0.25) is 8.98 Å². The molecule has 7 nitrogen and oxygen atoms in total. The molecule has 12 heteroatoms. The molecule has 0 fully saturated rings. The third-order valence-electron chi connectivity index (χ3n) is 2.45. The molecule has 0 aliphatic heterocycles. The monoisotopic (exact) mass is 590 g/mol. The number of benzene rings is 1. The number of carbonyl (C=O) groups excluding carboxylic acids is 1. The van der Waals surface area contributed by atoms with Gasteiger partial charge >= 0.3 is 17.9 Å². The van der Waals surface area contributed by atoms with Crippen LogP contribution in [0.25, 0.3) is 0 Å². The van der Waals surface area contributed by atoms with Crippen molar-refractivity contribution in [3.8, 4) is 5.75 Å². The van der Waals surface area contributed by atoms with Gasteiger partial charge in [0.05, 0.1) is 13.4 Å². The zero-order valence-corrected chi connectivity index (χ0v) is 17.2. The van der Waals surface area contributed by atoms with E-state index in [2.05, 4.69) is 4.18 Å². The van der Waals surface area contributed by atoms with E-state index in [1.54, 1.807) is 45.2 Å². The molecule has 1 N–H and O–H groups in total. The lowest BCUT2D eigenvalue weighted by Crippen LogP contribution is -2.38. The molecule has 0 amide bonds. The average molecular weight is 590 g/mol. The summed E-state index contributed by atoms with van der Waals surface area (Å²) in [7, 11) is -4.38. The van der Waals surface area contributed by atoms with Crippen LogP contribution in [0.5, 0.6) is 5.75 Å². The number of aliphatic carboxylic acids is 1. The highest BCUT2D eigenvalue weighted by molar-refractivity contribution is 14.1. The first-order valence-electron chi connectivity index (χ1n) is 5.92. The van der Waals surface area contributed by atoms with Crippen LogP contribution in [0.4, 0.5) is 8.78 Å². The molecule has 0 bridgehead atoms. The number of carbonyl (C=O) groups is 2. The summed E-state index contributed by atoms with van der Waals surface area (Å²) in [6, 6.07) is 2.13. The zero-order chi connectivity index (χ0) is 18.9. The molecule has 134 valence electrons. The van der Waals surface area contributed by atoms with Crippen molar-refractivity contribution in [1.29, 1.82) is 0 Å². The Balaban J connectivity index is 3.49. The minimum absolute atomic E-state index is 0.0872. The van der Waals surface area contributed by atoms with E-state index in [0.717, 1.165) is 19.1 Å². The molecular weight excluding hydrogens is 580 g/mol. The number of halogens is 4. The van der Waals surface area contributed by atoms with E-state index in [-0.39, 0.29) is 12.9 Å². The van der Waals surface area contributed by atoms with Crippen molar-refractivity contribution in [3.63, 3.8) is 0 Å². The number of hydrogen-bond acceptors (Lipinski definition) is 6. The average Bonchev–Trinajstić information content (AvgIpc) is 2.38. The van der Waals surface area contributed by atoms with E-state index < -0.39 is 39.6 Å². The lowest BCUT2D eigenvalue weighted by Gasteiger charge is -2.23. The van der Waals surface area contributed by atoms with Crippen LogP contribution >= 0.6 is 45.2 Å². The maximum atomic E-state index is 13.9. The van der Waals surface area contributed by atoms with E-state index >= 15 is 0 Å². The maximum Gasteiger partial charge on any atom is 0.377 e. The van der Waals surface area contributed by atoms with Crippen molar-refractivity contribution in [2.45, 2.75) is 19.0 Å². The zero-order valence-electron chi connectivity index (χ0n) is 12.0. The lowest BCUT2D eigenvalue weighted by atomic mass is 10.0. The van der Waals surface area contributed by atoms with Gasteiger partial charge in [-0.2, -0.15) is 17.2 Å². The van der Waals surface area contributed by atoms with Crippen molar-refractivity contribution in [1.82, 2.24) is 0 Å². The van der Waals surface area contributed by atoms with Crippen molar-refractivity contribution in [2.24, 2.45) is 0 Å². The van der Waals surface area contributed by atoms with E-state index in [1.165, 1.54) is 0 Å². The quantitative estimate of drug-likeness (QED) is 0.235. The topological polar surface area (TPSA) is 107 Å². The first kappa shape index (κ1) is 21.4. The van der Waals surface area contributed by atoms with Crippen LogP contribution < -0.4 is 4.74 Å². The predicted molar refractivity (Wildman–Crippen MR) is 94.4 cm³/mol. The van der Waals surface area contributed by atoms with Gasteiger partial charge in [-0.15, -0.1) is 0 Å². The molecule has 1 rings (SSSR count). The van der Waals surface area contributed by atoms with Gasteiger partial charge < -0.3 is 9.84 Å². The molecule has 1 atom stereocenters. The van der Waals surface area contributed by atoms with Gasteiger partial charge in [0.25, 0.3) is 10.1 Å². The Hall–Kier alpha value is -0.610. The van der Waals surface area contributed by atoms with Crippen LogP contribution in [0.1, 0.15) is 18.6 Å². The molecule has 1 aromatic carbocycles. The third kappa shape index (κ3) is 5.45. The fraction of sp³-hybridized carbons (Fsp3) is 0.333. The number of esters is 1. The Morgan fingerprint density at radius 1 is 1.25 bits per heavy atom. The molecule has 0 heterocycles. The predicted octanol–water partition coefficient (Wildman–Crippen LogP) is 2.56. The highest BCUT2D eigenvalue weighted by Gasteiger charge is 2.51. The third-order valence-corrected chi connectivity index (χ3v) is 4.60. The van der Waals surface area contributed by atoms with E-state index in [4.69, 9.17) is 9.84 Å². The largest absolute Gasteiger partial charge is 0.477 e. The number of carboxylic acids is 1. The first-order chi connectivity index (χ1) is 10.8. The second kappa shape index (κ2) is 7.74. The number of carboxylic acid groups (broad SMARTS) is 1. The van der Waals surface area contributed by atoms with Crippen molar-refractivity contribution < 1.29 is 40.8 Å². The Morgan fingerprint density at radius 2 is 1.71 bits per heavy atom. The number of rotatable bonds is 6. The molecule has 1 unspecified atom stereocenters. The highest BCUT2D eigenvalue weighted by Crippen LogP contribution is 2.39. The van der Waals surface area contributed by atoms with Crippen LogP contribution in [-0.4, -0.2) is 37.6 Å². The van der Waals surface area contributed by atoms with Crippen LogP contribution in [0.2, 0.25) is 0 Å². The van der Waals surface area contributed by atoms with Crippen molar-refractivity contribution in [3.05, 3.63) is 24.8 Å². The van der Waals surface area contributed by atoms with Gasteiger partial charge in [-0.1, -0.05) is 0 Å². The van der Waals surface area contributed by atoms with Gasteiger partial charge in [0.15, 0.2) is 11.9 Å². The van der Waals surface area contributed by atoms with Crippen LogP contribution in [0.15, 0.2) is 12.1 Å². The molecule has 0 spiro atoms. The smallest absolute Gasteiger partial charge is 0.377 e. The summed E-state index contributed by atoms with van der Waals surface area (Å²) in [6.45, 7) is 1.15. The molecular formula is C12H10F2I2O7S. The first-order valence-corrected chi connectivity index (χ1v) is 9.90. The standard InChI is InChI=1S/C12H10F2I2O7S/c1-5(17)22-9-7(15)3-6(4-8(9)16)10(23-24(2,20)21)12(13,14)11(18)19/h3-4,10H,1-2H3,(H,18,19). The summed E-state index contributed by atoms with van der Waals surface area (Å²) in [6.07, 6.45) is -2.04. The summed E-state index contributed by atoms with van der Waals surface area (Å²) < 4.78 is 60.0. The molecule has 0 saturated carbocycles. The van der Waals surface area contributed by atoms with Gasteiger partial charge in [0, 0.05) is 6.92 Å². The highest BCUT2D eigenvalue weighted by atomic mass is 127. The summed E-state index contributed by atoms with van der Waals surface area (Å²) in [4.78, 5) is 21.8. The lowest BCUT2D eigenvalue weighted by molar-refractivity contribution is -0.179. The number of ether oxygens (including phenoxy) is 1. The van der Waals surface area contributed by atoms with Crippen LogP contribution in [0, 0.1) is 7.14 Å². The Labute approximate surface area is 163 Å². The minimum atomic E-state index is -4.50. The SMILES string of the molecule is CC(=O)Oc1c(I)cc(C(OS(C)(=O)=O)C(F)(F)C(=O)O)cc1I. The fourth-order valence-corrected chi connectivity index (χ4v) is 4.20. The van der Waals surface area contributed by atoms with Gasteiger partial charge in [-0.25, -0.2) is 4.79 Å². The summed E-state index contributed by atoms with van der Waals surface area (Å²) >= 11 is 3.36. The molecule has 0 saturated heterocycles. The molecule has 1 aromatic rings. The molecule has 0 aliphatic rings. The Bertz CT molecular complexity index is 757. The van der Waals surface area contributed by atoms with Crippen LogP contribution in [-0.2, 0) is 23.9 Å². The Kier molecular flexibility index (Phi) is 6.91. The summed E-state index contributed by atoms with van der Waals surface area (Å²) in [5.74, 6) is -7.59. The Morgan fingerprint density at radius 3 is 2.04 bits per heavy atom. The van der Waals surface area contributed by atoms with Crippen molar-refractivity contribution >= 4 is 67.2 Å². The minimum Gasteiger partial charge on any atom is -0.477 e. The van der Waals surface area contributed by atoms with E-state index in [1.807, 2.05) is 0 Å². The van der Waals surface area contributed by atoms with Crippen LogP contribution in [0.3, 0.4) is 0 Å². The summed E-state index contributed by atoms with van der Waals surface area (Å²) in [5, 5.41) is 8.68. The van der Waals surface area contributed by atoms with Gasteiger partial charge in [-0.05, 0) is 62.9 Å². The number of alkyl halides is 2. The second-order valence-corrected chi connectivity index (χ2v) is 8.44. The van der Waals surface area contributed by atoms with E-state index in [9.17, 15) is 26.8 Å². The number of hydrogen-bond donors (Lipinski definition) is 1. The van der Waals surface area contributed by atoms with Crippen molar-refractivity contribution in [2.75, 3.05) is 6.26 Å². The molecule has 0 aliphatic carbocycles. The van der Waals surface area contributed by atoms with Gasteiger partial charge in [0.1, 0.15) is 0 Å². The normalized spacial score (nSPS) is 13.4. The maximum absolute atomic E-state index is 13.9. The summed E-state index contributed by atoms with van der Waals surface area (Å²) in [5.41, 5.74) is -0.391.